The van der Waals surface area contributed by atoms with Gasteiger partial charge in [0.15, 0.2) is 11.5 Å². The molecular formula is C20H16ClIO4. The molecule has 0 radical (unpaired) electrons. The van der Waals surface area contributed by atoms with Crippen LogP contribution in [0.15, 0.2) is 48.0 Å². The zero-order valence-electron chi connectivity index (χ0n) is 14.2. The molecule has 0 saturated carbocycles. The molecule has 134 valence electrons. The highest BCUT2D eigenvalue weighted by Gasteiger charge is 2.22. The number of hydrogen-bond acceptors (Lipinski definition) is 4. The van der Waals surface area contributed by atoms with E-state index in [0.717, 1.165) is 14.7 Å². The van der Waals surface area contributed by atoms with Gasteiger partial charge in [-0.3, -0.25) is 0 Å². The van der Waals surface area contributed by atoms with Crippen LogP contribution in [0, 0.1) is 3.57 Å². The molecule has 0 saturated heterocycles. The topological polar surface area (TPSA) is 44.8 Å². The SMILES string of the molecule is CCOc1c(I)cc(/C=C2\C=C(c3ccc(Cl)cc3)OC2=O)cc1OC. The van der Waals surface area contributed by atoms with Crippen LogP contribution in [0.4, 0.5) is 0 Å². The summed E-state index contributed by atoms with van der Waals surface area (Å²) in [5.74, 6) is 1.44. The second-order valence-corrected chi connectivity index (χ2v) is 7.07. The van der Waals surface area contributed by atoms with E-state index >= 15 is 0 Å². The third kappa shape index (κ3) is 4.04. The summed E-state index contributed by atoms with van der Waals surface area (Å²) in [7, 11) is 1.59. The summed E-state index contributed by atoms with van der Waals surface area (Å²) in [5, 5.41) is 0.630. The fourth-order valence-corrected chi connectivity index (χ4v) is 3.44. The molecule has 0 aromatic heterocycles. The van der Waals surface area contributed by atoms with E-state index in [4.69, 9.17) is 25.8 Å². The minimum Gasteiger partial charge on any atom is -0.493 e. The molecule has 0 unspecified atom stereocenters. The molecule has 0 spiro atoms. The number of ether oxygens (including phenoxy) is 3. The van der Waals surface area contributed by atoms with Gasteiger partial charge >= 0.3 is 5.97 Å². The fraction of sp³-hybridized carbons (Fsp3) is 0.150. The first-order chi connectivity index (χ1) is 12.5. The van der Waals surface area contributed by atoms with Crippen LogP contribution in [0.1, 0.15) is 18.1 Å². The van der Waals surface area contributed by atoms with Gasteiger partial charge in [-0.1, -0.05) is 11.6 Å². The van der Waals surface area contributed by atoms with Gasteiger partial charge in [-0.2, -0.15) is 0 Å². The van der Waals surface area contributed by atoms with Gasteiger partial charge in [-0.05, 0) is 83.6 Å². The summed E-state index contributed by atoms with van der Waals surface area (Å²) in [4.78, 5) is 12.2. The molecule has 0 atom stereocenters. The third-order valence-electron chi connectivity index (χ3n) is 3.72. The average Bonchev–Trinajstić information content (AvgIpc) is 2.98. The summed E-state index contributed by atoms with van der Waals surface area (Å²) in [6, 6.07) is 10.9. The number of methoxy groups -OCH3 is 1. The molecule has 1 aliphatic heterocycles. The molecule has 0 fully saturated rings. The Kier molecular flexibility index (Phi) is 5.88. The number of carbonyl (C=O) groups is 1. The molecule has 1 heterocycles. The highest BCUT2D eigenvalue weighted by molar-refractivity contribution is 14.1. The van der Waals surface area contributed by atoms with Gasteiger partial charge in [0.1, 0.15) is 5.76 Å². The van der Waals surface area contributed by atoms with E-state index in [9.17, 15) is 4.79 Å². The first-order valence-electron chi connectivity index (χ1n) is 7.93. The van der Waals surface area contributed by atoms with Crippen molar-refractivity contribution in [2.45, 2.75) is 6.92 Å². The van der Waals surface area contributed by atoms with Crippen molar-refractivity contribution in [3.63, 3.8) is 0 Å². The Bertz CT molecular complexity index is 901. The van der Waals surface area contributed by atoms with Gasteiger partial charge < -0.3 is 14.2 Å². The number of halogens is 2. The fourth-order valence-electron chi connectivity index (χ4n) is 2.53. The van der Waals surface area contributed by atoms with Gasteiger partial charge in [0.05, 0.1) is 22.9 Å². The normalized spacial score (nSPS) is 15.0. The summed E-state index contributed by atoms with van der Waals surface area (Å²) in [5.41, 5.74) is 2.09. The third-order valence-corrected chi connectivity index (χ3v) is 4.77. The number of hydrogen-bond donors (Lipinski definition) is 0. The molecule has 0 bridgehead atoms. The smallest absolute Gasteiger partial charge is 0.343 e. The van der Waals surface area contributed by atoms with E-state index in [1.807, 2.05) is 31.2 Å². The van der Waals surface area contributed by atoms with Crippen molar-refractivity contribution >= 4 is 52.0 Å². The first-order valence-corrected chi connectivity index (χ1v) is 9.39. The molecular weight excluding hydrogens is 467 g/mol. The molecule has 2 aromatic carbocycles. The van der Waals surface area contributed by atoms with Crippen LogP contribution in [0.3, 0.4) is 0 Å². The Labute approximate surface area is 170 Å². The summed E-state index contributed by atoms with van der Waals surface area (Å²) in [6.45, 7) is 2.47. The predicted molar refractivity (Wildman–Crippen MR) is 110 cm³/mol. The lowest BCUT2D eigenvalue weighted by molar-refractivity contribution is -0.130. The maximum atomic E-state index is 12.2. The molecule has 0 amide bonds. The maximum absolute atomic E-state index is 12.2. The van der Waals surface area contributed by atoms with Crippen molar-refractivity contribution in [1.82, 2.24) is 0 Å². The van der Waals surface area contributed by atoms with E-state index < -0.39 is 5.97 Å². The predicted octanol–water partition coefficient (Wildman–Crippen LogP) is 5.33. The first kappa shape index (κ1) is 18.8. The standard InChI is InChI=1S/C20H16ClIO4/c1-3-25-19-16(22)9-12(10-18(19)24-2)8-14-11-17(26-20(14)23)13-4-6-15(21)7-5-13/h4-11H,3H2,1-2H3/b14-8+. The molecule has 0 N–H and O–H groups in total. The molecule has 3 rings (SSSR count). The Balaban J connectivity index is 1.95. The van der Waals surface area contributed by atoms with E-state index in [0.29, 0.717) is 34.5 Å². The molecule has 2 aromatic rings. The molecule has 0 aliphatic carbocycles. The number of cyclic esters (lactones) is 1. The minimum absolute atomic E-state index is 0.391. The minimum atomic E-state index is -0.391. The quantitative estimate of drug-likeness (QED) is 0.328. The van der Waals surface area contributed by atoms with Crippen LogP contribution in [-0.4, -0.2) is 19.7 Å². The Morgan fingerprint density at radius 1 is 1.23 bits per heavy atom. The van der Waals surface area contributed by atoms with Crippen molar-refractivity contribution < 1.29 is 19.0 Å². The summed E-state index contributed by atoms with van der Waals surface area (Å²) >= 11 is 8.09. The highest BCUT2D eigenvalue weighted by Crippen LogP contribution is 2.35. The van der Waals surface area contributed by atoms with E-state index in [-0.39, 0.29) is 0 Å². The van der Waals surface area contributed by atoms with Crippen LogP contribution in [-0.2, 0) is 9.53 Å². The van der Waals surface area contributed by atoms with Crippen LogP contribution in [0.2, 0.25) is 5.02 Å². The van der Waals surface area contributed by atoms with Gasteiger partial charge in [0.2, 0.25) is 0 Å². The van der Waals surface area contributed by atoms with Gasteiger partial charge in [-0.15, -0.1) is 0 Å². The number of rotatable bonds is 5. The maximum Gasteiger partial charge on any atom is 0.343 e. The summed E-state index contributed by atoms with van der Waals surface area (Å²) in [6.07, 6.45) is 3.49. The average molecular weight is 483 g/mol. The van der Waals surface area contributed by atoms with Crippen LogP contribution >= 0.6 is 34.2 Å². The van der Waals surface area contributed by atoms with Crippen LogP contribution < -0.4 is 9.47 Å². The largest absolute Gasteiger partial charge is 0.493 e. The monoisotopic (exact) mass is 482 g/mol. The lowest BCUT2D eigenvalue weighted by Gasteiger charge is -2.12. The van der Waals surface area contributed by atoms with Gasteiger partial charge in [0.25, 0.3) is 0 Å². The van der Waals surface area contributed by atoms with Crippen molar-refractivity contribution in [3.05, 3.63) is 67.8 Å². The van der Waals surface area contributed by atoms with Gasteiger partial charge in [0, 0.05) is 10.6 Å². The summed E-state index contributed by atoms with van der Waals surface area (Å²) < 4.78 is 17.3. The van der Waals surface area contributed by atoms with Gasteiger partial charge in [-0.25, -0.2) is 4.79 Å². The highest BCUT2D eigenvalue weighted by atomic mass is 127. The molecule has 1 aliphatic rings. The molecule has 4 nitrogen and oxygen atoms in total. The lowest BCUT2D eigenvalue weighted by Crippen LogP contribution is -1.99. The van der Waals surface area contributed by atoms with Crippen molar-refractivity contribution in [1.29, 1.82) is 0 Å². The number of esters is 1. The Morgan fingerprint density at radius 3 is 2.62 bits per heavy atom. The number of benzene rings is 2. The second-order valence-electron chi connectivity index (χ2n) is 5.47. The Morgan fingerprint density at radius 2 is 1.96 bits per heavy atom. The zero-order valence-corrected chi connectivity index (χ0v) is 17.1. The van der Waals surface area contributed by atoms with E-state index in [1.165, 1.54) is 0 Å². The Hall–Kier alpha value is -1.99. The van der Waals surface area contributed by atoms with E-state index in [1.54, 1.807) is 31.4 Å². The van der Waals surface area contributed by atoms with E-state index in [2.05, 4.69) is 22.6 Å². The zero-order chi connectivity index (χ0) is 18.7. The second kappa shape index (κ2) is 8.14. The molecule has 6 heteroatoms. The lowest BCUT2D eigenvalue weighted by atomic mass is 10.1. The van der Waals surface area contributed by atoms with Crippen molar-refractivity contribution in [2.75, 3.05) is 13.7 Å². The van der Waals surface area contributed by atoms with Crippen LogP contribution in [0.25, 0.3) is 11.8 Å². The van der Waals surface area contributed by atoms with Crippen molar-refractivity contribution in [2.24, 2.45) is 0 Å². The molecule has 26 heavy (non-hydrogen) atoms. The van der Waals surface area contributed by atoms with Crippen molar-refractivity contribution in [3.8, 4) is 11.5 Å². The number of carbonyl (C=O) groups excluding carboxylic acids is 1. The van der Waals surface area contributed by atoms with Crippen LogP contribution in [0.5, 0.6) is 11.5 Å².